The van der Waals surface area contributed by atoms with Gasteiger partial charge in [0, 0.05) is 10.7 Å². The van der Waals surface area contributed by atoms with Crippen molar-refractivity contribution in [3.8, 4) is 0 Å². The van der Waals surface area contributed by atoms with Gasteiger partial charge in [-0.1, -0.05) is 15.9 Å². The van der Waals surface area contributed by atoms with Crippen molar-refractivity contribution in [3.05, 3.63) is 50.9 Å². The van der Waals surface area contributed by atoms with Crippen LogP contribution < -0.4 is 5.56 Å². The summed E-state index contributed by atoms with van der Waals surface area (Å²) in [5.74, 6) is -0.466. The third kappa shape index (κ3) is 1.84. The topological polar surface area (TPSA) is 63.6 Å². The monoisotopic (exact) mass is 320 g/mol. The lowest BCUT2D eigenvalue weighted by Crippen LogP contribution is -2.09. The summed E-state index contributed by atoms with van der Waals surface area (Å²) >= 11 is 3.39. The van der Waals surface area contributed by atoms with E-state index in [0.29, 0.717) is 16.6 Å². The summed E-state index contributed by atoms with van der Waals surface area (Å²) in [6.45, 7) is 0. The molecule has 1 N–H and O–H groups in total. The Hall–Kier alpha value is -2.08. The largest absolute Gasteiger partial charge is 0.465 e. The van der Waals surface area contributed by atoms with Gasteiger partial charge in [-0.25, -0.2) is 4.79 Å². The average Bonchev–Trinajstić information content (AvgIpc) is 2.85. The summed E-state index contributed by atoms with van der Waals surface area (Å²) in [7, 11) is 1.31. The van der Waals surface area contributed by atoms with Crippen molar-refractivity contribution in [3.63, 3.8) is 0 Å². The van der Waals surface area contributed by atoms with Gasteiger partial charge in [0.1, 0.15) is 5.52 Å². The molecule has 0 fully saturated rings. The van der Waals surface area contributed by atoms with Gasteiger partial charge in [-0.15, -0.1) is 0 Å². The molecule has 0 radical (unpaired) electrons. The van der Waals surface area contributed by atoms with E-state index in [1.807, 2.05) is 12.1 Å². The maximum absolute atomic E-state index is 12.0. The first-order valence-electron chi connectivity index (χ1n) is 5.52. The molecule has 2 heterocycles. The molecule has 3 aromatic rings. The minimum absolute atomic E-state index is 0.245. The summed E-state index contributed by atoms with van der Waals surface area (Å²) < 4.78 is 7.24. The molecular formula is C13H9BrN2O3. The Labute approximate surface area is 115 Å². The number of nitrogens with zero attached hydrogens (tertiary/aromatic N) is 1. The van der Waals surface area contributed by atoms with Crippen LogP contribution in [0.3, 0.4) is 0 Å². The van der Waals surface area contributed by atoms with Gasteiger partial charge < -0.3 is 14.1 Å². The van der Waals surface area contributed by atoms with E-state index in [-0.39, 0.29) is 5.56 Å². The molecule has 0 atom stereocenters. The van der Waals surface area contributed by atoms with E-state index in [9.17, 15) is 9.59 Å². The predicted octanol–water partition coefficient (Wildman–Crippen LogP) is 2.33. The minimum atomic E-state index is -0.466. The van der Waals surface area contributed by atoms with Gasteiger partial charge in [0.15, 0.2) is 0 Å². The highest BCUT2D eigenvalue weighted by Gasteiger charge is 2.12. The van der Waals surface area contributed by atoms with E-state index >= 15 is 0 Å². The second-order valence-corrected chi connectivity index (χ2v) is 5.01. The Morgan fingerprint density at radius 3 is 2.84 bits per heavy atom. The summed E-state index contributed by atoms with van der Waals surface area (Å²) in [6.07, 6.45) is 1.60. The summed E-state index contributed by atoms with van der Waals surface area (Å²) in [5.41, 5.74) is 2.02. The van der Waals surface area contributed by atoms with Crippen molar-refractivity contribution in [1.29, 1.82) is 0 Å². The zero-order valence-corrected chi connectivity index (χ0v) is 11.5. The molecule has 0 amide bonds. The zero-order valence-electron chi connectivity index (χ0n) is 9.94. The van der Waals surface area contributed by atoms with E-state index in [1.165, 1.54) is 13.2 Å². The first-order valence-corrected chi connectivity index (χ1v) is 6.31. The number of aromatic amines is 1. The highest BCUT2D eigenvalue weighted by Crippen LogP contribution is 2.19. The van der Waals surface area contributed by atoms with Crippen LogP contribution in [0.5, 0.6) is 0 Å². The molecule has 0 spiro atoms. The Morgan fingerprint density at radius 1 is 1.32 bits per heavy atom. The van der Waals surface area contributed by atoms with Crippen molar-refractivity contribution in [1.82, 2.24) is 9.38 Å². The van der Waals surface area contributed by atoms with Crippen LogP contribution >= 0.6 is 15.9 Å². The van der Waals surface area contributed by atoms with Crippen LogP contribution in [0.2, 0.25) is 0 Å². The maximum Gasteiger partial charge on any atom is 0.339 e. The van der Waals surface area contributed by atoms with Crippen molar-refractivity contribution < 1.29 is 9.53 Å². The lowest BCUT2D eigenvalue weighted by Gasteiger charge is -2.02. The number of hydrogen-bond acceptors (Lipinski definition) is 3. The third-order valence-corrected chi connectivity index (χ3v) is 3.43. The van der Waals surface area contributed by atoms with Crippen molar-refractivity contribution in [2.75, 3.05) is 7.11 Å². The number of ether oxygens (including phenoxy) is 1. The number of fused-ring (bicyclic) bond motifs is 3. The van der Waals surface area contributed by atoms with Gasteiger partial charge in [0.2, 0.25) is 0 Å². The molecular weight excluding hydrogens is 312 g/mol. The van der Waals surface area contributed by atoms with Crippen molar-refractivity contribution in [2.24, 2.45) is 0 Å². The molecule has 1 aromatic carbocycles. The Morgan fingerprint density at radius 2 is 2.11 bits per heavy atom. The Bertz CT molecular complexity index is 863. The van der Waals surface area contributed by atoms with Crippen molar-refractivity contribution in [2.45, 2.75) is 0 Å². The second kappa shape index (κ2) is 4.24. The van der Waals surface area contributed by atoms with Crippen LogP contribution in [0.25, 0.3) is 16.6 Å². The highest BCUT2D eigenvalue weighted by atomic mass is 79.9. The fourth-order valence-electron chi connectivity index (χ4n) is 2.06. The van der Waals surface area contributed by atoms with Gasteiger partial charge in [-0.3, -0.25) is 4.79 Å². The number of hydrogen-bond donors (Lipinski definition) is 1. The Balaban J connectivity index is 2.45. The number of carbonyl (C=O) groups excluding carboxylic acids is 1. The molecule has 0 aliphatic rings. The molecule has 0 saturated carbocycles. The number of esters is 1. The highest BCUT2D eigenvalue weighted by molar-refractivity contribution is 9.10. The third-order valence-electron chi connectivity index (χ3n) is 2.94. The predicted molar refractivity (Wildman–Crippen MR) is 74.6 cm³/mol. The molecule has 5 nitrogen and oxygen atoms in total. The van der Waals surface area contributed by atoms with E-state index in [2.05, 4.69) is 25.7 Å². The molecule has 6 heteroatoms. The second-order valence-electron chi connectivity index (χ2n) is 4.09. The van der Waals surface area contributed by atoms with E-state index in [1.54, 1.807) is 16.7 Å². The number of aromatic nitrogens is 2. The van der Waals surface area contributed by atoms with Gasteiger partial charge >= 0.3 is 5.97 Å². The van der Waals surface area contributed by atoms with Gasteiger partial charge in [-0.2, -0.15) is 0 Å². The molecule has 96 valence electrons. The number of methoxy groups -OCH3 is 1. The fraction of sp³-hybridized carbons (Fsp3) is 0.0769. The van der Waals surface area contributed by atoms with E-state index in [4.69, 9.17) is 0 Å². The SMILES string of the molecule is COC(=O)c1cc2c(=O)[nH]c3ccc(Br)cc3n2c1. The first kappa shape index (κ1) is 12.0. The summed E-state index contributed by atoms with van der Waals surface area (Å²) in [4.78, 5) is 26.3. The van der Waals surface area contributed by atoms with Gasteiger partial charge in [0.25, 0.3) is 5.56 Å². The molecule has 0 bridgehead atoms. The summed E-state index contributed by atoms with van der Waals surface area (Å²) in [5, 5.41) is 0. The normalized spacial score (nSPS) is 11.1. The minimum Gasteiger partial charge on any atom is -0.465 e. The standard InChI is InChI=1S/C13H9BrN2O3/c1-19-13(18)7-4-11-12(17)15-9-3-2-8(14)5-10(9)16(11)6-7/h2-6H,1H3,(H,15,17). The number of H-pyrrole nitrogens is 1. The number of halogens is 1. The fourth-order valence-corrected chi connectivity index (χ4v) is 2.41. The lowest BCUT2D eigenvalue weighted by atomic mass is 10.3. The smallest absolute Gasteiger partial charge is 0.339 e. The molecule has 2 aromatic heterocycles. The van der Waals surface area contributed by atoms with E-state index < -0.39 is 5.97 Å². The van der Waals surface area contributed by atoms with Crippen LogP contribution in [0, 0.1) is 0 Å². The molecule has 0 aliphatic carbocycles. The van der Waals surface area contributed by atoms with Crippen molar-refractivity contribution >= 4 is 38.4 Å². The molecule has 0 aliphatic heterocycles. The quantitative estimate of drug-likeness (QED) is 0.700. The van der Waals surface area contributed by atoms with Crippen LogP contribution in [-0.4, -0.2) is 22.5 Å². The summed E-state index contributed by atoms with van der Waals surface area (Å²) in [6, 6.07) is 7.04. The molecule has 0 unspecified atom stereocenters. The van der Waals surface area contributed by atoms with E-state index in [0.717, 1.165) is 9.99 Å². The first-order chi connectivity index (χ1) is 9.10. The average molecular weight is 321 g/mol. The lowest BCUT2D eigenvalue weighted by molar-refractivity contribution is 0.0601. The zero-order chi connectivity index (χ0) is 13.6. The van der Waals surface area contributed by atoms with Gasteiger partial charge in [0.05, 0.1) is 23.7 Å². The number of carbonyl (C=O) groups is 1. The van der Waals surface area contributed by atoms with Crippen LogP contribution in [0.4, 0.5) is 0 Å². The molecule has 0 saturated heterocycles. The maximum atomic E-state index is 12.0. The Kier molecular flexibility index (Phi) is 2.67. The number of benzene rings is 1. The van der Waals surface area contributed by atoms with Gasteiger partial charge in [-0.05, 0) is 24.3 Å². The molecule has 3 rings (SSSR count). The number of nitrogens with one attached hydrogen (secondary N) is 1. The van der Waals surface area contributed by atoms with Crippen LogP contribution in [0.15, 0.2) is 39.7 Å². The number of rotatable bonds is 1. The van der Waals surface area contributed by atoms with Crippen LogP contribution in [-0.2, 0) is 4.74 Å². The van der Waals surface area contributed by atoms with Crippen LogP contribution in [0.1, 0.15) is 10.4 Å². The molecule has 19 heavy (non-hydrogen) atoms.